The molecule has 0 saturated heterocycles. The lowest BCUT2D eigenvalue weighted by molar-refractivity contribution is -0.140. The summed E-state index contributed by atoms with van der Waals surface area (Å²) < 4.78 is 5.06. The lowest BCUT2D eigenvalue weighted by Gasteiger charge is -2.31. The van der Waals surface area contributed by atoms with Crippen LogP contribution in [0.1, 0.15) is 40.0 Å². The summed E-state index contributed by atoms with van der Waals surface area (Å²) >= 11 is 0. The first-order chi connectivity index (χ1) is 9.92. The number of rotatable bonds is 9. The Morgan fingerprint density at radius 3 is 2.43 bits per heavy atom. The summed E-state index contributed by atoms with van der Waals surface area (Å²) in [5.41, 5.74) is 0. The van der Waals surface area contributed by atoms with Crippen LogP contribution < -0.4 is 5.32 Å². The molecule has 1 fully saturated rings. The van der Waals surface area contributed by atoms with Crippen LogP contribution in [0.4, 0.5) is 4.79 Å². The molecule has 0 aromatic carbocycles. The standard InChI is InChI=1S/C15H28N2O4/c1-5-10(2)13(14(18)19)16-15(20)17(8-9-21-4)11(3)12-6-7-12/h10-13H,5-9H2,1-4H3,(H,16,20)(H,18,19)/t10?,11?,13-/m0/s1. The number of hydrogen-bond donors (Lipinski definition) is 2. The van der Waals surface area contributed by atoms with E-state index in [0.717, 1.165) is 12.8 Å². The minimum Gasteiger partial charge on any atom is -0.480 e. The van der Waals surface area contributed by atoms with Gasteiger partial charge in [-0.1, -0.05) is 20.3 Å². The van der Waals surface area contributed by atoms with Crippen molar-refractivity contribution in [2.24, 2.45) is 11.8 Å². The summed E-state index contributed by atoms with van der Waals surface area (Å²) in [6, 6.07) is -1.04. The molecule has 122 valence electrons. The highest BCUT2D eigenvalue weighted by atomic mass is 16.5. The zero-order chi connectivity index (χ0) is 16.0. The molecular weight excluding hydrogens is 272 g/mol. The summed E-state index contributed by atoms with van der Waals surface area (Å²) in [6.45, 7) is 6.70. The fourth-order valence-electron chi connectivity index (χ4n) is 2.41. The van der Waals surface area contributed by atoms with E-state index < -0.39 is 12.0 Å². The molecule has 0 heterocycles. The van der Waals surface area contributed by atoms with Crippen molar-refractivity contribution in [3.63, 3.8) is 0 Å². The number of carboxylic acid groups (broad SMARTS) is 1. The number of aliphatic carboxylic acids is 1. The van der Waals surface area contributed by atoms with Crippen LogP contribution in [-0.2, 0) is 9.53 Å². The Bertz CT molecular complexity index is 358. The number of amides is 2. The highest BCUT2D eigenvalue weighted by Crippen LogP contribution is 2.35. The van der Waals surface area contributed by atoms with E-state index in [2.05, 4.69) is 5.32 Å². The summed E-state index contributed by atoms with van der Waals surface area (Å²) in [6.07, 6.45) is 2.96. The molecule has 2 amide bonds. The molecule has 1 saturated carbocycles. The van der Waals surface area contributed by atoms with E-state index >= 15 is 0 Å². The third-order valence-electron chi connectivity index (χ3n) is 4.35. The van der Waals surface area contributed by atoms with Gasteiger partial charge >= 0.3 is 12.0 Å². The van der Waals surface area contributed by atoms with Gasteiger partial charge in [0.25, 0.3) is 0 Å². The fourth-order valence-corrected chi connectivity index (χ4v) is 2.41. The second kappa shape index (κ2) is 8.22. The number of nitrogens with zero attached hydrogens (tertiary/aromatic N) is 1. The van der Waals surface area contributed by atoms with Crippen molar-refractivity contribution in [3.05, 3.63) is 0 Å². The molecule has 0 radical (unpaired) electrons. The molecule has 21 heavy (non-hydrogen) atoms. The molecule has 1 aliphatic carbocycles. The van der Waals surface area contributed by atoms with E-state index in [0.29, 0.717) is 25.5 Å². The highest BCUT2D eigenvalue weighted by Gasteiger charge is 2.35. The van der Waals surface area contributed by atoms with E-state index in [1.807, 2.05) is 20.8 Å². The number of carbonyl (C=O) groups is 2. The Morgan fingerprint density at radius 2 is 2.00 bits per heavy atom. The second-order valence-electron chi connectivity index (χ2n) is 5.92. The van der Waals surface area contributed by atoms with Gasteiger partial charge in [0.1, 0.15) is 6.04 Å². The molecular formula is C15H28N2O4. The number of hydrogen-bond acceptors (Lipinski definition) is 3. The van der Waals surface area contributed by atoms with Crippen molar-refractivity contribution in [3.8, 4) is 0 Å². The topological polar surface area (TPSA) is 78.9 Å². The smallest absolute Gasteiger partial charge is 0.326 e. The van der Waals surface area contributed by atoms with Crippen molar-refractivity contribution in [1.82, 2.24) is 10.2 Å². The molecule has 1 rings (SSSR count). The number of carboxylic acids is 1. The second-order valence-corrected chi connectivity index (χ2v) is 5.92. The summed E-state index contributed by atoms with van der Waals surface area (Å²) in [5.74, 6) is -0.560. The van der Waals surface area contributed by atoms with Gasteiger partial charge in [-0.15, -0.1) is 0 Å². The van der Waals surface area contributed by atoms with Crippen molar-refractivity contribution < 1.29 is 19.4 Å². The lowest BCUT2D eigenvalue weighted by atomic mass is 9.99. The SMILES string of the molecule is CCC(C)[C@H](NC(=O)N(CCOC)C(C)C1CC1)C(=O)O. The summed E-state index contributed by atoms with van der Waals surface area (Å²) in [7, 11) is 1.59. The minimum atomic E-state index is -0.983. The molecule has 0 aliphatic heterocycles. The normalized spacial score (nSPS) is 18.7. The zero-order valence-electron chi connectivity index (χ0n) is 13.5. The van der Waals surface area contributed by atoms with Gasteiger partial charge in [-0.05, 0) is 31.6 Å². The van der Waals surface area contributed by atoms with Crippen LogP contribution in [0.2, 0.25) is 0 Å². The van der Waals surface area contributed by atoms with Gasteiger partial charge in [-0.2, -0.15) is 0 Å². The Morgan fingerprint density at radius 1 is 1.38 bits per heavy atom. The molecule has 0 aromatic heterocycles. The predicted octanol–water partition coefficient (Wildman–Crippen LogP) is 1.94. The maximum absolute atomic E-state index is 12.5. The van der Waals surface area contributed by atoms with E-state index in [-0.39, 0.29) is 18.0 Å². The zero-order valence-corrected chi connectivity index (χ0v) is 13.5. The Kier molecular flexibility index (Phi) is 6.95. The van der Waals surface area contributed by atoms with Crippen molar-refractivity contribution in [2.45, 2.75) is 52.1 Å². The monoisotopic (exact) mass is 300 g/mol. The summed E-state index contributed by atoms with van der Waals surface area (Å²) in [4.78, 5) is 25.5. The molecule has 0 aromatic rings. The number of ether oxygens (including phenoxy) is 1. The average molecular weight is 300 g/mol. The van der Waals surface area contributed by atoms with Gasteiger partial charge in [-0.25, -0.2) is 9.59 Å². The Balaban J connectivity index is 2.71. The number of carbonyl (C=O) groups excluding carboxylic acids is 1. The first-order valence-corrected chi connectivity index (χ1v) is 7.71. The van der Waals surface area contributed by atoms with Crippen LogP contribution in [0, 0.1) is 11.8 Å². The molecule has 2 N–H and O–H groups in total. The van der Waals surface area contributed by atoms with Gasteiger partial charge in [0.2, 0.25) is 0 Å². The molecule has 6 nitrogen and oxygen atoms in total. The molecule has 3 atom stereocenters. The van der Waals surface area contributed by atoms with Crippen LogP contribution in [0.5, 0.6) is 0 Å². The summed E-state index contributed by atoms with van der Waals surface area (Å²) in [5, 5.41) is 12.0. The van der Waals surface area contributed by atoms with E-state index in [9.17, 15) is 14.7 Å². The van der Waals surface area contributed by atoms with Crippen molar-refractivity contribution in [2.75, 3.05) is 20.3 Å². The van der Waals surface area contributed by atoms with Gasteiger partial charge in [0.15, 0.2) is 0 Å². The Labute approximate surface area is 126 Å². The number of methoxy groups -OCH3 is 1. The first-order valence-electron chi connectivity index (χ1n) is 7.71. The maximum atomic E-state index is 12.5. The van der Waals surface area contributed by atoms with Gasteiger partial charge < -0.3 is 20.1 Å². The maximum Gasteiger partial charge on any atom is 0.326 e. The number of urea groups is 1. The third kappa shape index (κ3) is 5.19. The van der Waals surface area contributed by atoms with E-state index in [4.69, 9.17) is 4.74 Å². The molecule has 0 bridgehead atoms. The van der Waals surface area contributed by atoms with Crippen LogP contribution in [0.15, 0.2) is 0 Å². The van der Waals surface area contributed by atoms with E-state index in [1.54, 1.807) is 12.0 Å². The van der Waals surface area contributed by atoms with Crippen LogP contribution in [0.25, 0.3) is 0 Å². The largest absolute Gasteiger partial charge is 0.480 e. The quantitative estimate of drug-likeness (QED) is 0.682. The number of nitrogens with one attached hydrogen (secondary N) is 1. The molecule has 6 heteroatoms. The Hall–Kier alpha value is -1.30. The fraction of sp³-hybridized carbons (Fsp3) is 0.867. The molecule has 2 unspecified atom stereocenters. The van der Waals surface area contributed by atoms with Gasteiger partial charge in [-0.3, -0.25) is 0 Å². The highest BCUT2D eigenvalue weighted by molar-refractivity contribution is 5.83. The predicted molar refractivity (Wildman–Crippen MR) is 80.2 cm³/mol. The van der Waals surface area contributed by atoms with Crippen LogP contribution in [0.3, 0.4) is 0 Å². The minimum absolute atomic E-state index is 0.105. The van der Waals surface area contributed by atoms with Crippen LogP contribution in [-0.4, -0.2) is 54.4 Å². The lowest BCUT2D eigenvalue weighted by Crippen LogP contribution is -2.53. The van der Waals surface area contributed by atoms with Crippen LogP contribution >= 0.6 is 0 Å². The first kappa shape index (κ1) is 17.8. The average Bonchev–Trinajstić information content (AvgIpc) is 3.28. The molecule has 1 aliphatic rings. The van der Waals surface area contributed by atoms with Crippen molar-refractivity contribution in [1.29, 1.82) is 0 Å². The van der Waals surface area contributed by atoms with E-state index in [1.165, 1.54) is 0 Å². The van der Waals surface area contributed by atoms with Crippen molar-refractivity contribution >= 4 is 12.0 Å². The molecule has 0 spiro atoms. The van der Waals surface area contributed by atoms with Gasteiger partial charge in [0.05, 0.1) is 6.61 Å². The third-order valence-corrected chi connectivity index (χ3v) is 4.35. The van der Waals surface area contributed by atoms with Gasteiger partial charge in [0, 0.05) is 19.7 Å².